The van der Waals surface area contributed by atoms with E-state index < -0.39 is 10.0 Å². The molecule has 1 unspecified atom stereocenters. The van der Waals surface area contributed by atoms with Crippen LogP contribution in [0.2, 0.25) is 5.02 Å². The van der Waals surface area contributed by atoms with E-state index in [4.69, 9.17) is 16.3 Å². The molecule has 4 nitrogen and oxygen atoms in total. The molecule has 0 aromatic heterocycles. The predicted octanol–water partition coefficient (Wildman–Crippen LogP) is 3.14. The van der Waals surface area contributed by atoms with Gasteiger partial charge in [-0.15, -0.1) is 0 Å². The number of fused-ring (bicyclic) bond motifs is 1. The molecule has 112 valence electrons. The zero-order valence-electron chi connectivity index (χ0n) is 12.0. The monoisotopic (exact) mass is 317 g/mol. The molecule has 1 aromatic rings. The predicted molar refractivity (Wildman–Crippen MR) is 80.9 cm³/mol. The van der Waals surface area contributed by atoms with Crippen LogP contribution in [0.15, 0.2) is 12.1 Å². The minimum atomic E-state index is -3.25. The topological polar surface area (TPSA) is 46.6 Å². The first-order valence-electron chi connectivity index (χ1n) is 6.75. The Labute approximate surface area is 125 Å². The minimum absolute atomic E-state index is 0.0930. The molecule has 0 saturated heterocycles. The molecule has 0 N–H and O–H groups in total. The number of aryl methyl sites for hydroxylation is 1. The van der Waals surface area contributed by atoms with E-state index in [9.17, 15) is 8.42 Å². The van der Waals surface area contributed by atoms with Crippen molar-refractivity contribution in [1.29, 1.82) is 0 Å². The largest absolute Gasteiger partial charge is 0.493 e. The van der Waals surface area contributed by atoms with Gasteiger partial charge in [-0.1, -0.05) is 11.6 Å². The average molecular weight is 318 g/mol. The lowest BCUT2D eigenvalue weighted by Gasteiger charge is -2.27. The fourth-order valence-corrected chi connectivity index (χ4v) is 3.88. The second-order valence-electron chi connectivity index (χ2n) is 5.06. The first-order chi connectivity index (χ1) is 9.36. The normalized spacial score (nSPS) is 19.4. The van der Waals surface area contributed by atoms with Crippen molar-refractivity contribution in [1.82, 2.24) is 4.31 Å². The molecule has 2 rings (SSSR count). The van der Waals surface area contributed by atoms with Gasteiger partial charge < -0.3 is 4.74 Å². The van der Waals surface area contributed by atoms with Crippen LogP contribution in [0.3, 0.4) is 0 Å². The Balaban J connectivity index is 2.52. The molecule has 0 fully saturated rings. The summed E-state index contributed by atoms with van der Waals surface area (Å²) in [5, 5.41) is 0.610. The summed E-state index contributed by atoms with van der Waals surface area (Å²) in [5.74, 6) is 0.866. The third-order valence-electron chi connectivity index (χ3n) is 3.74. The zero-order valence-corrected chi connectivity index (χ0v) is 13.6. The molecular formula is C14H20ClNO3S. The second kappa shape index (κ2) is 5.92. The molecule has 1 heterocycles. The van der Waals surface area contributed by atoms with Gasteiger partial charge >= 0.3 is 0 Å². The molecule has 0 bridgehead atoms. The molecule has 0 radical (unpaired) electrons. The number of hydrogen-bond acceptors (Lipinski definition) is 3. The van der Waals surface area contributed by atoms with Crippen LogP contribution >= 0.6 is 11.6 Å². The number of nitrogens with zero attached hydrogens (tertiary/aromatic N) is 1. The van der Waals surface area contributed by atoms with E-state index in [0.29, 0.717) is 11.6 Å². The maximum Gasteiger partial charge on any atom is 0.214 e. The highest BCUT2D eigenvalue weighted by molar-refractivity contribution is 7.89. The first kappa shape index (κ1) is 15.6. The standard InChI is InChI=1S/C14H20ClNO3S/c1-4-20(17,18)16(3)13-6-5-7-19-14-10(2)8-11(15)9-12(13)14/h8-9,13H,4-7H2,1-3H3. The third-order valence-corrected chi connectivity index (χ3v) is 5.82. The fourth-order valence-electron chi connectivity index (χ4n) is 2.58. The van der Waals surface area contributed by atoms with Gasteiger partial charge in [0.05, 0.1) is 18.4 Å². The Morgan fingerprint density at radius 1 is 1.45 bits per heavy atom. The van der Waals surface area contributed by atoms with E-state index in [1.54, 1.807) is 14.0 Å². The summed E-state index contributed by atoms with van der Waals surface area (Å²) in [6.45, 7) is 4.19. The van der Waals surface area contributed by atoms with Crippen molar-refractivity contribution in [3.63, 3.8) is 0 Å². The van der Waals surface area contributed by atoms with E-state index >= 15 is 0 Å². The Morgan fingerprint density at radius 3 is 2.80 bits per heavy atom. The van der Waals surface area contributed by atoms with Crippen LogP contribution in [-0.2, 0) is 10.0 Å². The van der Waals surface area contributed by atoms with Crippen molar-refractivity contribution in [2.45, 2.75) is 32.7 Å². The van der Waals surface area contributed by atoms with Gasteiger partial charge in [0.15, 0.2) is 0 Å². The molecule has 0 amide bonds. The molecule has 0 spiro atoms. The number of hydrogen-bond donors (Lipinski definition) is 0. The van der Waals surface area contributed by atoms with Crippen molar-refractivity contribution in [2.75, 3.05) is 19.4 Å². The number of rotatable bonds is 3. The summed E-state index contributed by atoms with van der Waals surface area (Å²) < 4.78 is 31.5. The Hall–Kier alpha value is -0.780. The molecule has 0 saturated carbocycles. The van der Waals surface area contributed by atoms with Crippen LogP contribution in [0.4, 0.5) is 0 Å². The van der Waals surface area contributed by atoms with Gasteiger partial charge in [0.2, 0.25) is 10.0 Å². The summed E-state index contributed by atoms with van der Waals surface area (Å²) in [6.07, 6.45) is 1.56. The molecule has 1 atom stereocenters. The molecular weight excluding hydrogens is 298 g/mol. The van der Waals surface area contributed by atoms with Crippen LogP contribution in [0.1, 0.15) is 36.9 Å². The molecule has 0 aliphatic carbocycles. The van der Waals surface area contributed by atoms with E-state index in [1.807, 2.05) is 19.1 Å². The summed E-state index contributed by atoms with van der Waals surface area (Å²) in [7, 11) is -1.61. The molecule has 1 aliphatic heterocycles. The SMILES string of the molecule is CCS(=O)(=O)N(C)C1CCCOc2c(C)cc(Cl)cc21. The van der Waals surface area contributed by atoms with E-state index in [2.05, 4.69) is 0 Å². The van der Waals surface area contributed by atoms with E-state index in [-0.39, 0.29) is 11.8 Å². The van der Waals surface area contributed by atoms with Gasteiger partial charge in [-0.3, -0.25) is 0 Å². The first-order valence-corrected chi connectivity index (χ1v) is 8.74. The highest BCUT2D eigenvalue weighted by Gasteiger charge is 2.30. The fraction of sp³-hybridized carbons (Fsp3) is 0.571. The molecule has 1 aromatic carbocycles. The number of sulfonamides is 1. The summed E-state index contributed by atoms with van der Waals surface area (Å²) in [6, 6.07) is 3.45. The summed E-state index contributed by atoms with van der Waals surface area (Å²) in [5.41, 5.74) is 1.81. The maximum absolute atomic E-state index is 12.1. The van der Waals surface area contributed by atoms with Gasteiger partial charge in [-0.05, 0) is 44.4 Å². The van der Waals surface area contributed by atoms with Gasteiger partial charge in [-0.25, -0.2) is 8.42 Å². The number of halogens is 1. The minimum Gasteiger partial charge on any atom is -0.493 e. The molecule has 20 heavy (non-hydrogen) atoms. The van der Waals surface area contributed by atoms with Crippen molar-refractivity contribution in [2.24, 2.45) is 0 Å². The third kappa shape index (κ3) is 2.95. The van der Waals surface area contributed by atoms with Crippen LogP contribution in [-0.4, -0.2) is 32.1 Å². The molecule has 6 heteroatoms. The average Bonchev–Trinajstić information content (AvgIpc) is 2.60. The van der Waals surface area contributed by atoms with Crippen LogP contribution < -0.4 is 4.74 Å². The smallest absolute Gasteiger partial charge is 0.214 e. The van der Waals surface area contributed by atoms with Gasteiger partial charge in [0.25, 0.3) is 0 Å². The van der Waals surface area contributed by atoms with Crippen molar-refractivity contribution >= 4 is 21.6 Å². The highest BCUT2D eigenvalue weighted by atomic mass is 35.5. The summed E-state index contributed by atoms with van der Waals surface area (Å²) in [4.78, 5) is 0. The van der Waals surface area contributed by atoms with E-state index in [0.717, 1.165) is 29.7 Å². The van der Waals surface area contributed by atoms with Crippen LogP contribution in [0.25, 0.3) is 0 Å². The molecule has 1 aliphatic rings. The Morgan fingerprint density at radius 2 is 2.15 bits per heavy atom. The van der Waals surface area contributed by atoms with Gasteiger partial charge in [-0.2, -0.15) is 4.31 Å². The Kier molecular flexibility index (Phi) is 4.62. The van der Waals surface area contributed by atoms with Gasteiger partial charge in [0, 0.05) is 17.6 Å². The lowest BCUT2D eigenvalue weighted by atomic mass is 10.00. The highest BCUT2D eigenvalue weighted by Crippen LogP contribution is 2.39. The quantitative estimate of drug-likeness (QED) is 0.860. The van der Waals surface area contributed by atoms with Crippen LogP contribution in [0.5, 0.6) is 5.75 Å². The van der Waals surface area contributed by atoms with Crippen molar-refractivity contribution < 1.29 is 13.2 Å². The van der Waals surface area contributed by atoms with Crippen molar-refractivity contribution in [3.8, 4) is 5.75 Å². The van der Waals surface area contributed by atoms with Gasteiger partial charge in [0.1, 0.15) is 5.75 Å². The zero-order chi connectivity index (χ0) is 14.9. The van der Waals surface area contributed by atoms with E-state index in [1.165, 1.54) is 4.31 Å². The Bertz CT molecular complexity index is 601. The summed E-state index contributed by atoms with van der Waals surface area (Å²) >= 11 is 6.13. The number of benzene rings is 1. The second-order valence-corrected chi connectivity index (χ2v) is 7.82. The lowest BCUT2D eigenvalue weighted by Crippen LogP contribution is -2.32. The van der Waals surface area contributed by atoms with Crippen molar-refractivity contribution in [3.05, 3.63) is 28.3 Å². The lowest BCUT2D eigenvalue weighted by molar-refractivity contribution is 0.308. The number of ether oxygens (including phenoxy) is 1. The maximum atomic E-state index is 12.1. The van der Waals surface area contributed by atoms with Crippen LogP contribution in [0, 0.1) is 6.92 Å².